The first-order chi connectivity index (χ1) is 11.4. The molecule has 3 rings (SSSR count). The maximum Gasteiger partial charge on any atom is 0.419 e. The molecule has 2 nitrogen and oxygen atoms in total. The summed E-state index contributed by atoms with van der Waals surface area (Å²) in [6.45, 7) is 0.0984. The van der Waals surface area contributed by atoms with Gasteiger partial charge in [-0.3, -0.25) is 0 Å². The topological polar surface area (TPSA) is 35.2 Å². The molecule has 1 saturated carbocycles. The highest BCUT2D eigenvalue weighted by Gasteiger charge is 2.36. The molecule has 1 fully saturated rings. The number of hydrogen-bond acceptors (Lipinski definition) is 2. The molecule has 0 unspecified atom stereocenters. The molecule has 24 heavy (non-hydrogen) atoms. The van der Waals surface area contributed by atoms with E-state index in [0.717, 1.165) is 36.5 Å². The third-order valence-electron chi connectivity index (χ3n) is 4.49. The van der Waals surface area contributed by atoms with Gasteiger partial charge < -0.3 is 10.5 Å². The first-order valence-electron chi connectivity index (χ1n) is 8.01. The molecule has 0 bridgehead atoms. The zero-order valence-corrected chi connectivity index (χ0v) is 13.3. The van der Waals surface area contributed by atoms with Gasteiger partial charge in [0, 0.05) is 5.54 Å². The largest absolute Gasteiger partial charge is 0.488 e. The Bertz CT molecular complexity index is 694. The van der Waals surface area contributed by atoms with Gasteiger partial charge in [0.2, 0.25) is 0 Å². The minimum Gasteiger partial charge on any atom is -0.488 e. The van der Waals surface area contributed by atoms with Crippen LogP contribution in [0.15, 0.2) is 48.5 Å². The molecule has 0 spiro atoms. The number of ether oxygens (including phenoxy) is 1. The van der Waals surface area contributed by atoms with Gasteiger partial charge in [-0.25, -0.2) is 0 Å². The van der Waals surface area contributed by atoms with Gasteiger partial charge >= 0.3 is 6.18 Å². The Hall–Kier alpha value is -2.01. The fourth-order valence-corrected chi connectivity index (χ4v) is 2.98. The number of halogens is 3. The SMILES string of the molecule is NC1(Cc2ccc(C(F)(F)F)c(OCc3ccccc3)c2)CCC1. The van der Waals surface area contributed by atoms with Crippen molar-refractivity contribution in [3.8, 4) is 5.75 Å². The van der Waals surface area contributed by atoms with Crippen molar-refractivity contribution in [3.05, 3.63) is 65.2 Å². The first kappa shape index (κ1) is 16.8. The zero-order valence-electron chi connectivity index (χ0n) is 13.3. The molecule has 0 atom stereocenters. The van der Waals surface area contributed by atoms with Gasteiger partial charge in [-0.1, -0.05) is 36.4 Å². The molecule has 1 aliphatic rings. The highest BCUT2D eigenvalue weighted by atomic mass is 19.4. The molecule has 0 aliphatic heterocycles. The Balaban J connectivity index is 1.82. The molecule has 128 valence electrons. The molecule has 0 aromatic heterocycles. The van der Waals surface area contributed by atoms with Crippen molar-refractivity contribution < 1.29 is 17.9 Å². The van der Waals surface area contributed by atoms with Gasteiger partial charge in [-0.2, -0.15) is 13.2 Å². The Morgan fingerprint density at radius 1 is 1.00 bits per heavy atom. The van der Waals surface area contributed by atoms with Gasteiger partial charge in [0.1, 0.15) is 12.4 Å². The Kier molecular flexibility index (Phi) is 4.54. The van der Waals surface area contributed by atoms with Gasteiger partial charge in [-0.05, 0) is 48.9 Å². The highest BCUT2D eigenvalue weighted by Crippen LogP contribution is 2.39. The minimum absolute atomic E-state index is 0.0984. The number of alkyl halides is 3. The van der Waals surface area contributed by atoms with Crippen LogP contribution in [0.25, 0.3) is 0 Å². The molecular formula is C19H20F3NO. The Labute approximate surface area is 139 Å². The molecule has 0 amide bonds. The molecule has 0 radical (unpaired) electrons. The van der Waals surface area contributed by atoms with Gasteiger partial charge in [-0.15, -0.1) is 0 Å². The summed E-state index contributed by atoms with van der Waals surface area (Å²) in [4.78, 5) is 0. The van der Waals surface area contributed by atoms with Crippen LogP contribution in [0.1, 0.15) is 36.0 Å². The Morgan fingerprint density at radius 3 is 2.29 bits per heavy atom. The van der Waals surface area contributed by atoms with Crippen LogP contribution < -0.4 is 10.5 Å². The molecular weight excluding hydrogens is 315 g/mol. The molecule has 1 aliphatic carbocycles. The molecule has 2 aromatic carbocycles. The summed E-state index contributed by atoms with van der Waals surface area (Å²) in [6, 6.07) is 13.2. The number of benzene rings is 2. The lowest BCUT2D eigenvalue weighted by molar-refractivity contribution is -0.139. The fourth-order valence-electron chi connectivity index (χ4n) is 2.98. The number of nitrogens with two attached hydrogens (primary N) is 1. The maximum atomic E-state index is 13.2. The highest BCUT2D eigenvalue weighted by molar-refractivity contribution is 5.40. The molecule has 2 aromatic rings. The van der Waals surface area contributed by atoms with E-state index in [1.54, 1.807) is 0 Å². The van der Waals surface area contributed by atoms with E-state index in [9.17, 15) is 13.2 Å². The van der Waals surface area contributed by atoms with E-state index in [0.29, 0.717) is 6.42 Å². The standard InChI is InChI=1S/C19H20F3NO/c20-19(21,22)16-8-7-15(12-18(23)9-4-10-18)11-17(16)24-13-14-5-2-1-3-6-14/h1-3,5-8,11H,4,9-10,12-13,23H2. The van der Waals surface area contributed by atoms with Crippen molar-refractivity contribution in [3.63, 3.8) is 0 Å². The second-order valence-electron chi connectivity index (χ2n) is 6.50. The van der Waals surface area contributed by atoms with Crippen LogP contribution in [-0.2, 0) is 19.2 Å². The predicted molar refractivity (Wildman–Crippen MR) is 86.7 cm³/mol. The third-order valence-corrected chi connectivity index (χ3v) is 4.49. The van der Waals surface area contributed by atoms with Crippen molar-refractivity contribution in [2.45, 2.75) is 44.0 Å². The van der Waals surface area contributed by atoms with Crippen LogP contribution in [0.5, 0.6) is 5.75 Å². The number of rotatable bonds is 5. The summed E-state index contributed by atoms with van der Waals surface area (Å²) in [5.74, 6) is -0.133. The van der Waals surface area contributed by atoms with Crippen LogP contribution in [-0.4, -0.2) is 5.54 Å². The summed E-state index contributed by atoms with van der Waals surface area (Å²) >= 11 is 0. The van der Waals surface area contributed by atoms with Crippen LogP contribution in [0.3, 0.4) is 0 Å². The van der Waals surface area contributed by atoms with Crippen molar-refractivity contribution >= 4 is 0 Å². The van der Waals surface area contributed by atoms with Crippen LogP contribution in [0, 0.1) is 0 Å². The van der Waals surface area contributed by atoms with E-state index in [4.69, 9.17) is 10.5 Å². The Morgan fingerprint density at radius 2 is 1.71 bits per heavy atom. The second-order valence-corrected chi connectivity index (χ2v) is 6.50. The molecule has 5 heteroatoms. The van der Waals surface area contributed by atoms with Gasteiger partial charge in [0.05, 0.1) is 5.56 Å². The second kappa shape index (κ2) is 6.48. The summed E-state index contributed by atoms with van der Waals surface area (Å²) in [5.41, 5.74) is 6.79. The van der Waals surface area contributed by atoms with Crippen molar-refractivity contribution in [1.29, 1.82) is 0 Å². The van der Waals surface area contributed by atoms with E-state index in [2.05, 4.69) is 0 Å². The van der Waals surface area contributed by atoms with Crippen LogP contribution in [0.4, 0.5) is 13.2 Å². The lowest BCUT2D eigenvalue weighted by Gasteiger charge is -2.38. The molecule has 2 N–H and O–H groups in total. The first-order valence-corrected chi connectivity index (χ1v) is 8.01. The van der Waals surface area contributed by atoms with Crippen molar-refractivity contribution in [1.82, 2.24) is 0 Å². The monoisotopic (exact) mass is 335 g/mol. The molecule has 0 saturated heterocycles. The quantitative estimate of drug-likeness (QED) is 0.859. The van der Waals surface area contributed by atoms with Crippen LogP contribution >= 0.6 is 0 Å². The van der Waals surface area contributed by atoms with Crippen molar-refractivity contribution in [2.24, 2.45) is 5.73 Å². The van der Waals surface area contributed by atoms with E-state index in [1.807, 2.05) is 30.3 Å². The smallest absolute Gasteiger partial charge is 0.419 e. The molecule has 0 heterocycles. The van der Waals surface area contributed by atoms with E-state index < -0.39 is 11.7 Å². The van der Waals surface area contributed by atoms with E-state index in [1.165, 1.54) is 12.1 Å². The summed E-state index contributed by atoms with van der Waals surface area (Å²) in [5, 5.41) is 0. The minimum atomic E-state index is -4.44. The lowest BCUT2D eigenvalue weighted by atomic mass is 9.74. The van der Waals surface area contributed by atoms with Gasteiger partial charge in [0.15, 0.2) is 0 Å². The summed E-state index contributed by atoms with van der Waals surface area (Å²) < 4.78 is 45.1. The van der Waals surface area contributed by atoms with Gasteiger partial charge in [0.25, 0.3) is 0 Å². The summed E-state index contributed by atoms with van der Waals surface area (Å²) in [6.07, 6.45) is -0.967. The van der Waals surface area contributed by atoms with Crippen LogP contribution in [0.2, 0.25) is 0 Å². The van der Waals surface area contributed by atoms with Crippen molar-refractivity contribution in [2.75, 3.05) is 0 Å². The maximum absolute atomic E-state index is 13.2. The van der Waals surface area contributed by atoms with E-state index >= 15 is 0 Å². The predicted octanol–water partition coefficient (Wildman–Crippen LogP) is 4.71. The van der Waals surface area contributed by atoms with E-state index in [-0.39, 0.29) is 17.9 Å². The normalized spacial score (nSPS) is 16.5. The lowest BCUT2D eigenvalue weighted by Crippen LogP contribution is -2.48. The fraction of sp³-hybridized carbons (Fsp3) is 0.368. The number of hydrogen-bond donors (Lipinski definition) is 1. The summed E-state index contributed by atoms with van der Waals surface area (Å²) in [7, 11) is 0. The average molecular weight is 335 g/mol. The average Bonchev–Trinajstić information content (AvgIpc) is 2.51. The third kappa shape index (κ3) is 3.90. The zero-order chi connectivity index (χ0) is 17.2.